The molecule has 0 aliphatic heterocycles. The summed E-state index contributed by atoms with van der Waals surface area (Å²) >= 11 is 6.16. The van der Waals surface area contributed by atoms with Crippen molar-refractivity contribution >= 4 is 28.3 Å². The minimum Gasteiger partial charge on any atom is -0.454 e. The van der Waals surface area contributed by atoms with Crippen molar-refractivity contribution < 1.29 is 9.62 Å². The molecule has 6 nitrogen and oxygen atoms in total. The molecule has 4 rings (SSSR count). The fraction of sp³-hybridized carbons (Fsp3) is 0.0556. The van der Waals surface area contributed by atoms with Crippen molar-refractivity contribution in [3.8, 4) is 0 Å². The Kier molecular flexibility index (Phi) is 3.95. The number of furan rings is 1. The number of halogens is 1. The SMILES string of the molecule is O/N=C(\c1ccccc1)c1oc2ccc(Cl)cc2c1Cn1cncn1. The summed E-state index contributed by atoms with van der Waals surface area (Å²) in [6.45, 7) is 0.411. The summed E-state index contributed by atoms with van der Waals surface area (Å²) in [5.74, 6) is 0.474. The maximum atomic E-state index is 9.63. The molecule has 7 heteroatoms. The van der Waals surface area contributed by atoms with Gasteiger partial charge in [0.2, 0.25) is 0 Å². The van der Waals surface area contributed by atoms with Gasteiger partial charge in [0, 0.05) is 21.5 Å². The average molecular weight is 353 g/mol. The van der Waals surface area contributed by atoms with Crippen LogP contribution in [0.25, 0.3) is 11.0 Å². The van der Waals surface area contributed by atoms with E-state index in [1.807, 2.05) is 36.4 Å². The topological polar surface area (TPSA) is 76.4 Å². The first-order chi connectivity index (χ1) is 12.3. The molecule has 0 saturated heterocycles. The second-order valence-corrected chi connectivity index (χ2v) is 5.89. The molecule has 0 aliphatic rings. The molecule has 0 radical (unpaired) electrons. The van der Waals surface area contributed by atoms with Gasteiger partial charge in [-0.2, -0.15) is 5.10 Å². The number of fused-ring (bicyclic) bond motifs is 1. The van der Waals surface area contributed by atoms with Gasteiger partial charge in [-0.15, -0.1) is 0 Å². The first kappa shape index (κ1) is 15.4. The van der Waals surface area contributed by atoms with Gasteiger partial charge in [-0.05, 0) is 18.2 Å². The quantitative estimate of drug-likeness (QED) is 0.343. The predicted octanol–water partition coefficient (Wildman–Crippen LogP) is 3.95. The molecule has 2 heterocycles. The lowest BCUT2D eigenvalue weighted by Crippen LogP contribution is -2.08. The van der Waals surface area contributed by atoms with Crippen LogP contribution in [0.2, 0.25) is 5.02 Å². The molecule has 0 saturated carbocycles. The summed E-state index contributed by atoms with van der Waals surface area (Å²) in [7, 11) is 0. The van der Waals surface area contributed by atoms with Crippen molar-refractivity contribution in [3.63, 3.8) is 0 Å². The van der Waals surface area contributed by atoms with Crippen molar-refractivity contribution in [1.29, 1.82) is 0 Å². The first-order valence-electron chi connectivity index (χ1n) is 7.57. The van der Waals surface area contributed by atoms with Gasteiger partial charge in [0.05, 0.1) is 6.54 Å². The molecular weight excluding hydrogens is 340 g/mol. The zero-order valence-electron chi connectivity index (χ0n) is 13.0. The number of oxime groups is 1. The molecule has 0 unspecified atom stereocenters. The summed E-state index contributed by atoms with van der Waals surface area (Å²) in [6.07, 6.45) is 3.08. The highest BCUT2D eigenvalue weighted by Gasteiger charge is 2.21. The fourth-order valence-electron chi connectivity index (χ4n) is 2.78. The highest BCUT2D eigenvalue weighted by Crippen LogP contribution is 2.31. The average Bonchev–Trinajstić information content (AvgIpc) is 3.26. The Balaban J connectivity index is 1.93. The second kappa shape index (κ2) is 6.41. The van der Waals surface area contributed by atoms with Gasteiger partial charge in [0.25, 0.3) is 0 Å². The van der Waals surface area contributed by atoms with Crippen LogP contribution in [0.4, 0.5) is 0 Å². The predicted molar refractivity (Wildman–Crippen MR) is 94.2 cm³/mol. The van der Waals surface area contributed by atoms with E-state index in [2.05, 4.69) is 15.2 Å². The Morgan fingerprint density at radius 2 is 2.04 bits per heavy atom. The van der Waals surface area contributed by atoms with Gasteiger partial charge < -0.3 is 9.62 Å². The third-order valence-electron chi connectivity index (χ3n) is 3.90. The number of hydrogen-bond donors (Lipinski definition) is 1. The van der Waals surface area contributed by atoms with Crippen LogP contribution < -0.4 is 0 Å². The number of nitrogens with zero attached hydrogens (tertiary/aromatic N) is 4. The lowest BCUT2D eigenvalue weighted by Gasteiger charge is -2.06. The van der Waals surface area contributed by atoms with Crippen molar-refractivity contribution in [2.45, 2.75) is 6.54 Å². The number of aromatic nitrogens is 3. The normalized spacial score (nSPS) is 12.0. The molecule has 0 fully saturated rings. The first-order valence-corrected chi connectivity index (χ1v) is 7.95. The maximum Gasteiger partial charge on any atom is 0.162 e. The second-order valence-electron chi connectivity index (χ2n) is 5.46. The zero-order chi connectivity index (χ0) is 17.2. The lowest BCUT2D eigenvalue weighted by molar-refractivity contribution is 0.318. The summed E-state index contributed by atoms with van der Waals surface area (Å²) < 4.78 is 7.67. The minimum absolute atomic E-state index is 0.350. The van der Waals surface area contributed by atoms with Gasteiger partial charge >= 0.3 is 0 Å². The molecular formula is C18H13ClN4O2. The Labute approximate surface area is 148 Å². The summed E-state index contributed by atoms with van der Waals surface area (Å²) in [5.41, 5.74) is 2.57. The van der Waals surface area contributed by atoms with Crippen LogP contribution in [0.1, 0.15) is 16.9 Å². The largest absolute Gasteiger partial charge is 0.454 e. The molecule has 4 aromatic rings. The molecule has 0 atom stereocenters. The van der Waals surface area contributed by atoms with Crippen LogP contribution >= 0.6 is 11.6 Å². The summed E-state index contributed by atoms with van der Waals surface area (Å²) in [6, 6.07) is 14.7. The highest BCUT2D eigenvalue weighted by atomic mass is 35.5. The van der Waals surface area contributed by atoms with Crippen LogP contribution in [0.15, 0.2) is 70.8 Å². The smallest absolute Gasteiger partial charge is 0.162 e. The molecule has 0 bridgehead atoms. The number of hydrogen-bond acceptors (Lipinski definition) is 5. The minimum atomic E-state index is 0.350. The maximum absolute atomic E-state index is 9.63. The van der Waals surface area contributed by atoms with Gasteiger partial charge in [0.15, 0.2) is 11.5 Å². The third-order valence-corrected chi connectivity index (χ3v) is 4.14. The van der Waals surface area contributed by atoms with E-state index in [9.17, 15) is 5.21 Å². The van der Waals surface area contributed by atoms with Gasteiger partial charge in [-0.25, -0.2) is 9.67 Å². The van der Waals surface area contributed by atoms with E-state index < -0.39 is 0 Å². The van der Waals surface area contributed by atoms with Crippen LogP contribution in [0.5, 0.6) is 0 Å². The van der Waals surface area contributed by atoms with Crippen LogP contribution in [0, 0.1) is 0 Å². The van der Waals surface area contributed by atoms with E-state index in [0.717, 1.165) is 16.5 Å². The van der Waals surface area contributed by atoms with E-state index in [4.69, 9.17) is 16.0 Å². The number of rotatable bonds is 4. The lowest BCUT2D eigenvalue weighted by atomic mass is 10.0. The van der Waals surface area contributed by atoms with Gasteiger partial charge in [-0.3, -0.25) is 0 Å². The number of benzene rings is 2. The van der Waals surface area contributed by atoms with E-state index in [1.54, 1.807) is 23.1 Å². The molecule has 0 amide bonds. The fourth-order valence-corrected chi connectivity index (χ4v) is 2.95. The molecule has 124 valence electrons. The molecule has 25 heavy (non-hydrogen) atoms. The van der Waals surface area contributed by atoms with Crippen molar-refractivity contribution in [2.75, 3.05) is 0 Å². The molecule has 0 aliphatic carbocycles. The third kappa shape index (κ3) is 2.88. The van der Waals surface area contributed by atoms with E-state index in [0.29, 0.717) is 28.6 Å². The Morgan fingerprint density at radius 3 is 2.76 bits per heavy atom. The van der Waals surface area contributed by atoms with Crippen molar-refractivity contribution in [1.82, 2.24) is 14.8 Å². The molecule has 1 N–H and O–H groups in total. The standard InChI is InChI=1S/C18H13ClN4O2/c19-13-6-7-16-14(8-13)15(9-23-11-20-10-21-23)18(25-16)17(22-24)12-4-2-1-3-5-12/h1-8,10-11,24H,9H2/b22-17+. The molecule has 0 spiro atoms. The van der Waals surface area contributed by atoms with Gasteiger partial charge in [0.1, 0.15) is 18.2 Å². The monoisotopic (exact) mass is 352 g/mol. The van der Waals surface area contributed by atoms with Crippen molar-refractivity contribution in [3.05, 3.63) is 83.1 Å². The van der Waals surface area contributed by atoms with E-state index >= 15 is 0 Å². The van der Waals surface area contributed by atoms with E-state index in [1.165, 1.54) is 6.33 Å². The van der Waals surface area contributed by atoms with Crippen LogP contribution in [0.3, 0.4) is 0 Å². The Bertz CT molecular complexity index is 1040. The Hall–Kier alpha value is -3.12. The van der Waals surface area contributed by atoms with E-state index in [-0.39, 0.29) is 0 Å². The van der Waals surface area contributed by atoms with Crippen LogP contribution in [-0.4, -0.2) is 25.7 Å². The van der Waals surface area contributed by atoms with Crippen LogP contribution in [-0.2, 0) is 6.54 Å². The Morgan fingerprint density at radius 1 is 1.20 bits per heavy atom. The van der Waals surface area contributed by atoms with Gasteiger partial charge in [-0.1, -0.05) is 47.1 Å². The summed E-state index contributed by atoms with van der Waals surface area (Å²) in [4.78, 5) is 3.97. The highest BCUT2D eigenvalue weighted by molar-refractivity contribution is 6.31. The van der Waals surface area contributed by atoms with Crippen molar-refractivity contribution in [2.24, 2.45) is 5.16 Å². The zero-order valence-corrected chi connectivity index (χ0v) is 13.8. The molecule has 2 aromatic carbocycles. The summed E-state index contributed by atoms with van der Waals surface area (Å²) in [5, 5.41) is 18.7. The molecule has 2 aromatic heterocycles.